The van der Waals surface area contributed by atoms with E-state index in [9.17, 15) is 18.0 Å². The van der Waals surface area contributed by atoms with Crippen molar-refractivity contribution < 1.29 is 22.4 Å². The number of carbonyl (C=O) groups excluding carboxylic acids is 1. The first-order chi connectivity index (χ1) is 15.2. The summed E-state index contributed by atoms with van der Waals surface area (Å²) in [6.07, 6.45) is -3.16. The molecule has 1 heterocycles. The lowest BCUT2D eigenvalue weighted by atomic mass is 10.0. The van der Waals surface area contributed by atoms with Crippen molar-refractivity contribution >= 4 is 5.91 Å². The van der Waals surface area contributed by atoms with Gasteiger partial charge in [-0.3, -0.25) is 9.69 Å². The molecule has 0 spiro atoms. The number of hydrogen-bond acceptors (Lipinski definition) is 4. The number of rotatable bonds is 8. The lowest BCUT2D eigenvalue weighted by Crippen LogP contribution is -2.28. The van der Waals surface area contributed by atoms with Crippen molar-refractivity contribution in [3.05, 3.63) is 89.1 Å². The van der Waals surface area contributed by atoms with Crippen molar-refractivity contribution in [1.29, 1.82) is 0 Å². The van der Waals surface area contributed by atoms with Gasteiger partial charge in [-0.25, -0.2) is 4.98 Å². The number of nitrogens with zero attached hydrogens (tertiary/aromatic N) is 3. The molecule has 0 N–H and O–H groups in total. The summed E-state index contributed by atoms with van der Waals surface area (Å²) in [5.74, 6) is -0.00213. The number of carbonyl (C=O) groups is 1. The van der Waals surface area contributed by atoms with E-state index in [0.717, 1.165) is 11.6 Å². The molecule has 3 rings (SSSR count). The first-order valence-corrected chi connectivity index (χ1v) is 10.3. The topological polar surface area (TPSA) is 49.6 Å². The Kier molecular flexibility index (Phi) is 7.35. The first-order valence-electron chi connectivity index (χ1n) is 10.3. The first kappa shape index (κ1) is 23.5. The van der Waals surface area contributed by atoms with Crippen molar-refractivity contribution in [2.45, 2.75) is 39.2 Å². The number of benzene rings is 2. The molecule has 1 amide bonds. The van der Waals surface area contributed by atoms with Crippen molar-refractivity contribution in [1.82, 2.24) is 14.8 Å². The Morgan fingerprint density at radius 1 is 1.06 bits per heavy atom. The van der Waals surface area contributed by atoms with E-state index in [2.05, 4.69) is 4.98 Å². The molecular formula is C24H26F3N3O2. The predicted molar refractivity (Wildman–Crippen MR) is 115 cm³/mol. The van der Waals surface area contributed by atoms with Crippen LogP contribution in [0, 0.1) is 0 Å². The summed E-state index contributed by atoms with van der Waals surface area (Å²) in [6.45, 7) is 4.47. The molecular weight excluding hydrogens is 419 g/mol. The molecule has 5 nitrogen and oxygen atoms in total. The molecule has 0 aliphatic rings. The van der Waals surface area contributed by atoms with Gasteiger partial charge >= 0.3 is 6.18 Å². The van der Waals surface area contributed by atoms with Gasteiger partial charge in [0.25, 0.3) is 5.91 Å². The molecule has 1 aromatic heterocycles. The summed E-state index contributed by atoms with van der Waals surface area (Å²) < 4.78 is 46.2. The maximum atomic E-state index is 13.6. The van der Waals surface area contributed by atoms with Crippen molar-refractivity contribution in [3.8, 4) is 0 Å². The van der Waals surface area contributed by atoms with E-state index in [0.29, 0.717) is 6.54 Å². The van der Waals surface area contributed by atoms with Gasteiger partial charge in [-0.1, -0.05) is 48.5 Å². The smallest absolute Gasteiger partial charge is 0.416 e. The fourth-order valence-electron chi connectivity index (χ4n) is 3.42. The lowest BCUT2D eigenvalue weighted by molar-refractivity contribution is -0.138. The van der Waals surface area contributed by atoms with Gasteiger partial charge in [-0.05, 0) is 31.0 Å². The summed E-state index contributed by atoms with van der Waals surface area (Å²) in [6, 6.07) is 14.8. The molecule has 0 saturated heterocycles. The summed E-state index contributed by atoms with van der Waals surface area (Å²) in [7, 11) is 1.66. The largest absolute Gasteiger partial charge is 0.447 e. The number of aromatic nitrogens is 1. The molecule has 0 bridgehead atoms. The van der Waals surface area contributed by atoms with E-state index >= 15 is 0 Å². The summed E-state index contributed by atoms with van der Waals surface area (Å²) in [4.78, 5) is 20.0. The summed E-state index contributed by atoms with van der Waals surface area (Å²) in [5, 5.41) is 0. The highest BCUT2D eigenvalue weighted by molar-refractivity contribution is 5.91. The Bertz CT molecular complexity index is 1030. The summed E-state index contributed by atoms with van der Waals surface area (Å²) >= 11 is 0. The third kappa shape index (κ3) is 5.56. The van der Waals surface area contributed by atoms with E-state index in [4.69, 9.17) is 4.42 Å². The van der Waals surface area contributed by atoms with Crippen molar-refractivity contribution in [3.63, 3.8) is 0 Å². The van der Waals surface area contributed by atoms with Gasteiger partial charge in [-0.2, -0.15) is 13.2 Å². The molecule has 0 radical (unpaired) electrons. The van der Waals surface area contributed by atoms with Crippen LogP contribution < -0.4 is 0 Å². The maximum absolute atomic E-state index is 13.6. The molecule has 2 aromatic carbocycles. The van der Waals surface area contributed by atoms with Gasteiger partial charge < -0.3 is 9.32 Å². The SMILES string of the molecule is CCN(C)C(=O)c1coc(CN(Cc2ccccc2C(F)(F)F)C(C)c2ccccc2)n1. The number of halogens is 3. The third-order valence-electron chi connectivity index (χ3n) is 5.46. The Morgan fingerprint density at radius 2 is 1.72 bits per heavy atom. The van der Waals surface area contributed by atoms with Crippen LogP contribution in [0.4, 0.5) is 13.2 Å². The van der Waals surface area contributed by atoms with Gasteiger partial charge in [0.2, 0.25) is 5.89 Å². The molecule has 170 valence electrons. The Morgan fingerprint density at radius 3 is 2.38 bits per heavy atom. The second-order valence-corrected chi connectivity index (χ2v) is 7.59. The second-order valence-electron chi connectivity index (χ2n) is 7.59. The van der Waals surface area contributed by atoms with Crippen LogP contribution in [0.25, 0.3) is 0 Å². The quantitative estimate of drug-likeness (QED) is 0.456. The number of alkyl halides is 3. The molecule has 0 saturated carbocycles. The standard InChI is InChI=1S/C24H26F3N3O2/c1-4-29(3)23(31)21-16-32-22(28-21)15-30(17(2)18-10-6-5-7-11-18)14-19-12-8-9-13-20(19)24(25,26)27/h5-13,16-17H,4,14-15H2,1-3H3. The molecule has 32 heavy (non-hydrogen) atoms. The minimum atomic E-state index is -4.45. The van der Waals surface area contributed by atoms with Gasteiger partial charge in [0, 0.05) is 26.2 Å². The zero-order valence-corrected chi connectivity index (χ0v) is 18.3. The maximum Gasteiger partial charge on any atom is 0.416 e. The third-order valence-corrected chi connectivity index (χ3v) is 5.46. The van der Waals surface area contributed by atoms with Crippen LogP contribution in [0.3, 0.4) is 0 Å². The van der Waals surface area contributed by atoms with Crippen LogP contribution in [-0.2, 0) is 19.3 Å². The van der Waals surface area contributed by atoms with Gasteiger partial charge in [-0.15, -0.1) is 0 Å². The molecule has 8 heteroatoms. The van der Waals surface area contributed by atoms with Gasteiger partial charge in [0.15, 0.2) is 5.69 Å². The van der Waals surface area contributed by atoms with E-state index in [1.165, 1.54) is 23.3 Å². The highest BCUT2D eigenvalue weighted by Crippen LogP contribution is 2.34. The minimum absolute atomic E-state index is 0.0340. The van der Waals surface area contributed by atoms with Crippen LogP contribution in [0.1, 0.15) is 53.0 Å². The monoisotopic (exact) mass is 445 g/mol. The summed E-state index contributed by atoms with van der Waals surface area (Å²) in [5.41, 5.74) is 0.618. The van der Waals surface area contributed by atoms with Crippen molar-refractivity contribution in [2.75, 3.05) is 13.6 Å². The fraction of sp³-hybridized carbons (Fsp3) is 0.333. The Hall–Kier alpha value is -3.13. The van der Waals surface area contributed by atoms with Crippen LogP contribution >= 0.6 is 0 Å². The lowest BCUT2D eigenvalue weighted by Gasteiger charge is -2.29. The molecule has 0 fully saturated rings. The van der Waals surface area contributed by atoms with Crippen LogP contribution in [0.2, 0.25) is 0 Å². The van der Waals surface area contributed by atoms with E-state index in [1.54, 1.807) is 13.1 Å². The fourth-order valence-corrected chi connectivity index (χ4v) is 3.42. The molecule has 0 aliphatic carbocycles. The van der Waals surface area contributed by atoms with Crippen LogP contribution in [0.5, 0.6) is 0 Å². The van der Waals surface area contributed by atoms with Crippen LogP contribution in [0.15, 0.2) is 65.3 Å². The molecule has 0 aliphatic heterocycles. The zero-order chi connectivity index (χ0) is 23.3. The van der Waals surface area contributed by atoms with Gasteiger partial charge in [0.05, 0.1) is 12.1 Å². The Balaban J connectivity index is 1.91. The molecule has 3 aromatic rings. The molecule has 1 unspecified atom stereocenters. The average molecular weight is 445 g/mol. The number of oxazole rings is 1. The van der Waals surface area contributed by atoms with E-state index in [1.807, 2.05) is 49.1 Å². The minimum Gasteiger partial charge on any atom is -0.447 e. The molecule has 1 atom stereocenters. The Labute approximate surface area is 185 Å². The van der Waals surface area contributed by atoms with Crippen molar-refractivity contribution in [2.24, 2.45) is 0 Å². The van der Waals surface area contributed by atoms with E-state index in [-0.39, 0.29) is 42.2 Å². The predicted octanol–water partition coefficient (Wildman–Crippen LogP) is 5.55. The highest BCUT2D eigenvalue weighted by Gasteiger charge is 2.34. The number of amides is 1. The zero-order valence-electron chi connectivity index (χ0n) is 18.3. The number of hydrogen-bond donors (Lipinski definition) is 0. The second kappa shape index (κ2) is 9.99. The normalized spacial score (nSPS) is 12.7. The van der Waals surface area contributed by atoms with Gasteiger partial charge in [0.1, 0.15) is 6.26 Å². The van der Waals surface area contributed by atoms with Crippen LogP contribution in [-0.4, -0.2) is 34.3 Å². The average Bonchev–Trinajstić information content (AvgIpc) is 3.26. The van der Waals surface area contributed by atoms with E-state index < -0.39 is 11.7 Å². The highest BCUT2D eigenvalue weighted by atomic mass is 19.4.